The Balaban J connectivity index is 1.99. The molecule has 0 aliphatic rings. The summed E-state index contributed by atoms with van der Waals surface area (Å²) in [5.74, 6) is -1.49. The first-order valence-corrected chi connectivity index (χ1v) is 7.10. The van der Waals surface area contributed by atoms with Crippen LogP contribution in [0, 0.1) is 18.6 Å². The number of hydrogen-bond acceptors (Lipinski definition) is 4. The number of aliphatic hydroxyl groups is 1. The van der Waals surface area contributed by atoms with Crippen molar-refractivity contribution in [3.8, 4) is 5.75 Å². The van der Waals surface area contributed by atoms with Crippen molar-refractivity contribution in [3.05, 3.63) is 47.4 Å². The van der Waals surface area contributed by atoms with Crippen molar-refractivity contribution in [1.82, 2.24) is 5.32 Å². The molecule has 0 radical (unpaired) electrons. The average Bonchev–Trinajstić information content (AvgIpc) is 2.92. The van der Waals surface area contributed by atoms with Gasteiger partial charge in [0.05, 0.1) is 13.7 Å². The molecule has 3 N–H and O–H groups in total. The van der Waals surface area contributed by atoms with Gasteiger partial charge in [-0.1, -0.05) is 0 Å². The second-order valence-electron chi connectivity index (χ2n) is 5.46. The van der Waals surface area contributed by atoms with E-state index in [-0.39, 0.29) is 12.2 Å². The van der Waals surface area contributed by atoms with Crippen molar-refractivity contribution in [3.63, 3.8) is 0 Å². The number of carbonyl (C=O) groups excluding carboxylic acids is 1. The van der Waals surface area contributed by atoms with Crippen LogP contribution in [0.3, 0.4) is 0 Å². The third kappa shape index (κ3) is 4.02. The molecule has 1 atom stereocenters. The molecule has 0 bridgehead atoms. The molecule has 8 heteroatoms. The van der Waals surface area contributed by atoms with Gasteiger partial charge in [0.2, 0.25) is 0 Å². The predicted octanol–water partition coefficient (Wildman–Crippen LogP) is 2.90. The summed E-state index contributed by atoms with van der Waals surface area (Å²) in [6, 6.07) is 4.41. The number of methoxy groups -OCH3 is 1. The van der Waals surface area contributed by atoms with Gasteiger partial charge in [-0.3, -0.25) is 0 Å². The van der Waals surface area contributed by atoms with E-state index in [0.29, 0.717) is 11.5 Å². The highest BCUT2D eigenvalue weighted by Crippen LogP contribution is 2.25. The third-order valence-corrected chi connectivity index (χ3v) is 3.32. The minimum Gasteiger partial charge on any atom is -0.491 e. The maximum Gasteiger partial charge on any atom is 0.319 e. The molecule has 0 fully saturated rings. The van der Waals surface area contributed by atoms with Gasteiger partial charge in [-0.2, -0.15) is 0 Å². The highest BCUT2D eigenvalue weighted by molar-refractivity contribution is 5.89. The monoisotopic (exact) mass is 340 g/mol. The van der Waals surface area contributed by atoms with E-state index in [1.807, 2.05) is 0 Å². The number of nitrogens with one attached hydrogen (secondary N) is 2. The Morgan fingerprint density at radius 3 is 2.46 bits per heavy atom. The Bertz CT molecular complexity index is 720. The number of benzene rings is 1. The zero-order valence-corrected chi connectivity index (χ0v) is 13.4. The topological polar surface area (TPSA) is 83.7 Å². The summed E-state index contributed by atoms with van der Waals surface area (Å²) in [5.41, 5.74) is -1.51. The summed E-state index contributed by atoms with van der Waals surface area (Å²) in [6.07, 6.45) is 0. The molecule has 6 nitrogen and oxygen atoms in total. The van der Waals surface area contributed by atoms with Crippen LogP contribution in [-0.4, -0.2) is 24.8 Å². The Morgan fingerprint density at radius 1 is 1.33 bits per heavy atom. The van der Waals surface area contributed by atoms with Gasteiger partial charge in [0, 0.05) is 17.8 Å². The van der Waals surface area contributed by atoms with E-state index in [1.54, 1.807) is 19.1 Å². The van der Waals surface area contributed by atoms with E-state index < -0.39 is 29.0 Å². The number of furan rings is 1. The molecule has 0 aliphatic carbocycles. The number of amides is 2. The van der Waals surface area contributed by atoms with E-state index in [0.717, 1.165) is 19.2 Å². The van der Waals surface area contributed by atoms with Crippen molar-refractivity contribution < 1.29 is 27.8 Å². The van der Waals surface area contributed by atoms with Gasteiger partial charge >= 0.3 is 6.03 Å². The van der Waals surface area contributed by atoms with Gasteiger partial charge in [0.1, 0.15) is 17.1 Å². The maximum atomic E-state index is 13.6. The lowest BCUT2D eigenvalue weighted by Gasteiger charge is -2.21. The Labute approximate surface area is 137 Å². The minimum atomic E-state index is -1.43. The SMILES string of the molecule is COc1c(F)cc(NC(=O)NC[C@](C)(O)c2ccc(C)o2)cc1F. The Hall–Kier alpha value is -2.61. The smallest absolute Gasteiger partial charge is 0.319 e. The molecule has 1 aromatic carbocycles. The minimum absolute atomic E-state index is 0.0863. The van der Waals surface area contributed by atoms with Crippen molar-refractivity contribution in [1.29, 1.82) is 0 Å². The summed E-state index contributed by atoms with van der Waals surface area (Å²) < 4.78 is 37.0. The first-order chi connectivity index (χ1) is 11.2. The van der Waals surface area contributed by atoms with Crippen molar-refractivity contribution in [2.75, 3.05) is 19.0 Å². The predicted molar refractivity (Wildman–Crippen MR) is 82.9 cm³/mol. The van der Waals surface area contributed by atoms with Crippen LogP contribution < -0.4 is 15.4 Å². The largest absolute Gasteiger partial charge is 0.491 e. The molecule has 0 saturated carbocycles. The number of halogens is 2. The van der Waals surface area contributed by atoms with Crippen LogP contribution in [-0.2, 0) is 5.60 Å². The summed E-state index contributed by atoms with van der Waals surface area (Å²) in [6.45, 7) is 3.04. The highest BCUT2D eigenvalue weighted by Gasteiger charge is 2.27. The number of hydrogen-bond donors (Lipinski definition) is 3. The molecule has 0 aliphatic heterocycles. The van der Waals surface area contributed by atoms with Crippen LogP contribution in [0.5, 0.6) is 5.75 Å². The number of ether oxygens (including phenoxy) is 1. The third-order valence-electron chi connectivity index (χ3n) is 3.32. The molecule has 0 saturated heterocycles. The Kier molecular flexibility index (Phi) is 5.08. The summed E-state index contributed by atoms with van der Waals surface area (Å²) in [7, 11) is 1.14. The molecule has 1 heterocycles. The molecule has 24 heavy (non-hydrogen) atoms. The van der Waals surface area contributed by atoms with Gasteiger partial charge in [-0.15, -0.1) is 0 Å². The molecule has 0 unspecified atom stereocenters. The van der Waals surface area contributed by atoms with Gasteiger partial charge in [-0.05, 0) is 26.0 Å². The Morgan fingerprint density at radius 2 is 1.96 bits per heavy atom. The normalized spacial score (nSPS) is 13.2. The maximum absolute atomic E-state index is 13.6. The van der Waals surface area contributed by atoms with Crippen molar-refractivity contribution in [2.45, 2.75) is 19.4 Å². The second-order valence-corrected chi connectivity index (χ2v) is 5.46. The molecule has 2 rings (SSSR count). The van der Waals surface area contributed by atoms with Gasteiger partial charge < -0.3 is 24.9 Å². The van der Waals surface area contributed by atoms with Crippen LogP contribution in [0.4, 0.5) is 19.3 Å². The molecular formula is C16H18F2N2O4. The fraction of sp³-hybridized carbons (Fsp3) is 0.312. The van der Waals surface area contributed by atoms with E-state index in [4.69, 9.17) is 4.42 Å². The van der Waals surface area contributed by atoms with Crippen LogP contribution in [0.15, 0.2) is 28.7 Å². The standard InChI is InChI=1S/C16H18F2N2O4/c1-9-4-5-13(24-9)16(2,22)8-19-15(21)20-10-6-11(17)14(23-3)12(18)7-10/h4-7,22H,8H2,1-3H3,(H2,19,20,21)/t16-/m0/s1. The molecule has 0 spiro atoms. The number of anilines is 1. The number of carbonyl (C=O) groups is 1. The summed E-state index contributed by atoms with van der Waals surface area (Å²) in [4.78, 5) is 11.8. The van der Waals surface area contributed by atoms with Crippen LogP contribution in [0.25, 0.3) is 0 Å². The lowest BCUT2D eigenvalue weighted by Crippen LogP contribution is -2.40. The summed E-state index contributed by atoms with van der Waals surface area (Å²) >= 11 is 0. The number of rotatable bonds is 5. The highest BCUT2D eigenvalue weighted by atomic mass is 19.1. The first-order valence-electron chi connectivity index (χ1n) is 7.10. The molecule has 1 aromatic heterocycles. The first kappa shape index (κ1) is 17.7. The van der Waals surface area contributed by atoms with E-state index in [9.17, 15) is 18.7 Å². The molecule has 2 amide bonds. The van der Waals surface area contributed by atoms with Crippen LogP contribution in [0.2, 0.25) is 0 Å². The lowest BCUT2D eigenvalue weighted by molar-refractivity contribution is 0.0364. The van der Waals surface area contributed by atoms with Crippen molar-refractivity contribution in [2.24, 2.45) is 0 Å². The second kappa shape index (κ2) is 6.88. The lowest BCUT2D eigenvalue weighted by atomic mass is 10.0. The summed E-state index contributed by atoms with van der Waals surface area (Å²) in [5, 5.41) is 15.0. The van der Waals surface area contributed by atoms with Crippen LogP contribution >= 0.6 is 0 Å². The number of aryl methyl sites for hydroxylation is 1. The van der Waals surface area contributed by atoms with Gasteiger partial charge in [0.15, 0.2) is 17.4 Å². The molecule has 2 aromatic rings. The van der Waals surface area contributed by atoms with Gasteiger partial charge in [-0.25, -0.2) is 13.6 Å². The van der Waals surface area contributed by atoms with Crippen LogP contribution in [0.1, 0.15) is 18.4 Å². The van der Waals surface area contributed by atoms with E-state index >= 15 is 0 Å². The zero-order valence-electron chi connectivity index (χ0n) is 13.4. The van der Waals surface area contributed by atoms with Crippen molar-refractivity contribution >= 4 is 11.7 Å². The zero-order chi connectivity index (χ0) is 17.9. The number of urea groups is 1. The fourth-order valence-corrected chi connectivity index (χ4v) is 2.07. The fourth-order valence-electron chi connectivity index (χ4n) is 2.07. The molecular weight excluding hydrogens is 322 g/mol. The average molecular weight is 340 g/mol. The van der Waals surface area contributed by atoms with E-state index in [2.05, 4.69) is 15.4 Å². The van der Waals surface area contributed by atoms with E-state index in [1.165, 1.54) is 6.92 Å². The molecule has 130 valence electrons. The van der Waals surface area contributed by atoms with Gasteiger partial charge in [0.25, 0.3) is 0 Å². The quantitative estimate of drug-likeness (QED) is 0.781.